The third-order valence-electron chi connectivity index (χ3n) is 2.79. The lowest BCUT2D eigenvalue weighted by molar-refractivity contribution is 0.318. The van der Waals surface area contributed by atoms with Gasteiger partial charge in [0, 0.05) is 12.4 Å². The molecular formula is C12H12N2O3. The van der Waals surface area contributed by atoms with Crippen LogP contribution in [0.25, 0.3) is 10.9 Å². The summed E-state index contributed by atoms with van der Waals surface area (Å²) in [6.07, 6.45) is 0. The van der Waals surface area contributed by atoms with Crippen LogP contribution in [-0.2, 0) is 7.05 Å². The number of aromatic nitrogens is 1. The van der Waals surface area contributed by atoms with Crippen molar-refractivity contribution in [1.29, 1.82) is 0 Å². The molecule has 0 aliphatic rings. The van der Waals surface area contributed by atoms with Gasteiger partial charge < -0.3 is 14.9 Å². The number of hydrogen-bond donors (Lipinski definition) is 2. The van der Waals surface area contributed by atoms with Crippen molar-refractivity contribution in [2.75, 3.05) is 0 Å². The molecular weight excluding hydrogens is 220 g/mol. The van der Waals surface area contributed by atoms with Gasteiger partial charge in [0.1, 0.15) is 11.3 Å². The van der Waals surface area contributed by atoms with Gasteiger partial charge in [0.2, 0.25) is 0 Å². The number of oxime groups is 1. The molecule has 0 aliphatic carbocycles. The van der Waals surface area contributed by atoms with Crippen molar-refractivity contribution < 1.29 is 10.3 Å². The number of aromatic hydroxyl groups is 1. The number of nitrogens with zero attached hydrogens (tertiary/aromatic N) is 2. The van der Waals surface area contributed by atoms with E-state index in [1.54, 1.807) is 31.3 Å². The standard InChI is InChI=1S/C12H12N2O3/c1-7(13-17)10-11(15)8-5-3-4-6-9(8)14(2)12(10)16/h3-6,15,17H,1-2H3. The molecule has 0 fully saturated rings. The fourth-order valence-corrected chi connectivity index (χ4v) is 1.86. The Labute approximate surface area is 97.2 Å². The second-order valence-electron chi connectivity index (χ2n) is 3.79. The molecule has 1 aromatic heterocycles. The Morgan fingerprint density at radius 1 is 1.35 bits per heavy atom. The summed E-state index contributed by atoms with van der Waals surface area (Å²) in [5.41, 5.74) is 0.351. The largest absolute Gasteiger partial charge is 0.506 e. The smallest absolute Gasteiger partial charge is 0.263 e. The average Bonchev–Trinajstić information content (AvgIpc) is 2.36. The number of fused-ring (bicyclic) bond motifs is 1. The number of aryl methyl sites for hydroxylation is 1. The molecule has 0 spiro atoms. The highest BCUT2D eigenvalue weighted by molar-refractivity contribution is 6.04. The monoisotopic (exact) mass is 232 g/mol. The predicted molar refractivity (Wildman–Crippen MR) is 64.9 cm³/mol. The molecule has 0 radical (unpaired) electrons. The zero-order valence-electron chi connectivity index (χ0n) is 9.51. The third-order valence-corrected chi connectivity index (χ3v) is 2.79. The van der Waals surface area contributed by atoms with Crippen LogP contribution in [0.4, 0.5) is 0 Å². The second-order valence-corrected chi connectivity index (χ2v) is 3.79. The summed E-state index contributed by atoms with van der Waals surface area (Å²) in [5.74, 6) is -0.154. The van der Waals surface area contributed by atoms with Gasteiger partial charge in [-0.15, -0.1) is 0 Å². The summed E-state index contributed by atoms with van der Waals surface area (Å²) >= 11 is 0. The van der Waals surface area contributed by atoms with E-state index in [2.05, 4.69) is 5.16 Å². The topological polar surface area (TPSA) is 74.8 Å². The van der Waals surface area contributed by atoms with Crippen molar-refractivity contribution in [1.82, 2.24) is 4.57 Å². The maximum absolute atomic E-state index is 12.0. The van der Waals surface area contributed by atoms with Crippen molar-refractivity contribution in [3.05, 3.63) is 40.2 Å². The Balaban J connectivity index is 3.02. The van der Waals surface area contributed by atoms with Gasteiger partial charge in [-0.1, -0.05) is 17.3 Å². The fourth-order valence-electron chi connectivity index (χ4n) is 1.86. The van der Waals surface area contributed by atoms with Crippen LogP contribution in [0.1, 0.15) is 12.5 Å². The van der Waals surface area contributed by atoms with E-state index in [-0.39, 0.29) is 17.0 Å². The Hall–Kier alpha value is -2.30. The summed E-state index contributed by atoms with van der Waals surface area (Å²) in [7, 11) is 1.61. The number of pyridine rings is 1. The van der Waals surface area contributed by atoms with E-state index < -0.39 is 5.56 Å². The lowest BCUT2D eigenvalue weighted by Crippen LogP contribution is -2.24. The van der Waals surface area contributed by atoms with Gasteiger partial charge in [-0.3, -0.25) is 4.79 Å². The van der Waals surface area contributed by atoms with E-state index in [0.29, 0.717) is 10.9 Å². The Morgan fingerprint density at radius 3 is 2.65 bits per heavy atom. The van der Waals surface area contributed by atoms with Crippen LogP contribution in [0.2, 0.25) is 0 Å². The summed E-state index contributed by atoms with van der Waals surface area (Å²) in [4.78, 5) is 12.0. The first-order valence-corrected chi connectivity index (χ1v) is 5.07. The number of rotatable bonds is 1. The molecule has 0 aliphatic heterocycles. The van der Waals surface area contributed by atoms with E-state index in [1.165, 1.54) is 11.5 Å². The predicted octanol–water partition coefficient (Wildman–Crippen LogP) is 1.44. The molecule has 5 heteroatoms. The SMILES string of the molecule is CC(=NO)c1c(O)c2ccccc2n(C)c1=O. The van der Waals surface area contributed by atoms with Gasteiger partial charge in [-0.05, 0) is 19.1 Å². The zero-order chi connectivity index (χ0) is 12.6. The maximum atomic E-state index is 12.0. The molecule has 5 nitrogen and oxygen atoms in total. The van der Waals surface area contributed by atoms with Crippen LogP contribution >= 0.6 is 0 Å². The van der Waals surface area contributed by atoms with Crippen LogP contribution in [-0.4, -0.2) is 20.6 Å². The first-order chi connectivity index (χ1) is 8.07. The molecule has 0 amide bonds. The Bertz CT molecular complexity index is 671. The minimum Gasteiger partial charge on any atom is -0.506 e. The Morgan fingerprint density at radius 2 is 2.00 bits per heavy atom. The Kier molecular flexibility index (Phi) is 2.59. The van der Waals surface area contributed by atoms with Crippen molar-refractivity contribution >= 4 is 16.6 Å². The normalized spacial score (nSPS) is 12.0. The first-order valence-electron chi connectivity index (χ1n) is 5.07. The van der Waals surface area contributed by atoms with Crippen molar-refractivity contribution in [3.8, 4) is 5.75 Å². The highest BCUT2D eigenvalue weighted by Gasteiger charge is 2.16. The molecule has 17 heavy (non-hydrogen) atoms. The maximum Gasteiger partial charge on any atom is 0.263 e. The first kappa shape index (κ1) is 11.2. The quantitative estimate of drug-likeness (QED) is 0.444. The van der Waals surface area contributed by atoms with Crippen molar-refractivity contribution in [2.45, 2.75) is 6.92 Å². The minimum atomic E-state index is -0.392. The number of benzene rings is 1. The van der Waals surface area contributed by atoms with Crippen LogP contribution in [0.5, 0.6) is 5.75 Å². The van der Waals surface area contributed by atoms with E-state index in [0.717, 1.165) is 0 Å². The van der Waals surface area contributed by atoms with Crippen molar-refractivity contribution in [3.63, 3.8) is 0 Å². The molecule has 1 heterocycles. The van der Waals surface area contributed by atoms with Gasteiger partial charge >= 0.3 is 0 Å². The fraction of sp³-hybridized carbons (Fsp3) is 0.167. The molecule has 88 valence electrons. The highest BCUT2D eigenvalue weighted by atomic mass is 16.4. The second kappa shape index (κ2) is 3.93. The summed E-state index contributed by atoms with van der Waals surface area (Å²) in [6.45, 7) is 1.46. The van der Waals surface area contributed by atoms with Crippen LogP contribution in [0, 0.1) is 0 Å². The molecule has 0 atom stereocenters. The highest BCUT2D eigenvalue weighted by Crippen LogP contribution is 2.25. The summed E-state index contributed by atoms with van der Waals surface area (Å²) in [6, 6.07) is 7.00. The van der Waals surface area contributed by atoms with Crippen LogP contribution in [0.3, 0.4) is 0 Å². The molecule has 1 aromatic carbocycles. The summed E-state index contributed by atoms with van der Waals surface area (Å²) in [5, 5.41) is 22.3. The van der Waals surface area contributed by atoms with E-state index in [1.807, 2.05) is 0 Å². The summed E-state index contributed by atoms with van der Waals surface area (Å²) < 4.78 is 1.42. The molecule has 0 saturated carbocycles. The molecule has 0 saturated heterocycles. The molecule has 2 aromatic rings. The van der Waals surface area contributed by atoms with E-state index >= 15 is 0 Å². The zero-order valence-corrected chi connectivity index (χ0v) is 9.51. The molecule has 0 unspecified atom stereocenters. The van der Waals surface area contributed by atoms with Gasteiger partial charge in [-0.25, -0.2) is 0 Å². The van der Waals surface area contributed by atoms with Gasteiger partial charge in [0.15, 0.2) is 0 Å². The van der Waals surface area contributed by atoms with Gasteiger partial charge in [0.05, 0.1) is 11.2 Å². The lowest BCUT2D eigenvalue weighted by Gasteiger charge is -2.10. The van der Waals surface area contributed by atoms with Gasteiger partial charge in [-0.2, -0.15) is 0 Å². The number of hydrogen-bond acceptors (Lipinski definition) is 4. The van der Waals surface area contributed by atoms with Crippen LogP contribution in [0.15, 0.2) is 34.2 Å². The lowest BCUT2D eigenvalue weighted by atomic mass is 10.1. The average molecular weight is 232 g/mol. The van der Waals surface area contributed by atoms with E-state index in [4.69, 9.17) is 5.21 Å². The van der Waals surface area contributed by atoms with Crippen LogP contribution < -0.4 is 5.56 Å². The van der Waals surface area contributed by atoms with Crippen molar-refractivity contribution in [2.24, 2.45) is 12.2 Å². The third kappa shape index (κ3) is 1.56. The molecule has 2 N–H and O–H groups in total. The van der Waals surface area contributed by atoms with E-state index in [9.17, 15) is 9.90 Å². The number of para-hydroxylation sites is 1. The van der Waals surface area contributed by atoms with Gasteiger partial charge in [0.25, 0.3) is 5.56 Å². The minimum absolute atomic E-state index is 0.0219. The molecule has 0 bridgehead atoms. The molecule has 2 rings (SSSR count).